The second-order valence-corrected chi connectivity index (χ2v) is 12.0. The van der Waals surface area contributed by atoms with Gasteiger partial charge in [-0.2, -0.15) is 0 Å². The van der Waals surface area contributed by atoms with Gasteiger partial charge in [0.25, 0.3) is 0 Å². The lowest BCUT2D eigenvalue weighted by atomic mass is 9.86. The smallest absolute Gasteiger partial charge is 0.241 e. The molecule has 2 rings (SSSR count). The molecule has 31 heavy (non-hydrogen) atoms. The Hall–Kier alpha value is -0.910. The Labute approximate surface area is 192 Å². The molecule has 1 saturated carbocycles. The zero-order chi connectivity index (χ0) is 23.0. The molecule has 1 fully saturated rings. The molecular weight excluding hydrogens is 404 g/mol. The summed E-state index contributed by atoms with van der Waals surface area (Å²) in [6.45, 7) is 14.7. The van der Waals surface area contributed by atoms with Crippen LogP contribution in [0, 0.1) is 5.92 Å². The summed E-state index contributed by atoms with van der Waals surface area (Å²) in [5, 5.41) is 3.42. The molecule has 1 aromatic carbocycles. The standard InChI is InChI=1S/C26H46N2O2S/c1-19(2)23-17-24(20(3)4)26(25(18-23)21(5)6)31(29,30)28-16-15-27-14-10-13-22-11-8-7-9-12-22/h17-22,27-28H,7-16H2,1-6H3. The van der Waals surface area contributed by atoms with Crippen molar-refractivity contribution in [3.05, 3.63) is 28.8 Å². The van der Waals surface area contributed by atoms with E-state index in [0.29, 0.717) is 23.9 Å². The molecule has 0 unspecified atom stereocenters. The van der Waals surface area contributed by atoms with Crippen LogP contribution >= 0.6 is 0 Å². The van der Waals surface area contributed by atoms with Gasteiger partial charge >= 0.3 is 0 Å². The van der Waals surface area contributed by atoms with E-state index in [2.05, 4.69) is 63.7 Å². The lowest BCUT2D eigenvalue weighted by Crippen LogP contribution is -2.33. The van der Waals surface area contributed by atoms with Gasteiger partial charge in [-0.15, -0.1) is 0 Å². The van der Waals surface area contributed by atoms with Gasteiger partial charge in [0, 0.05) is 13.1 Å². The summed E-state index contributed by atoms with van der Waals surface area (Å²) in [6.07, 6.45) is 9.48. The van der Waals surface area contributed by atoms with E-state index in [1.807, 2.05) is 0 Å². The third-order valence-electron chi connectivity index (χ3n) is 6.63. The van der Waals surface area contributed by atoms with E-state index in [1.165, 1.54) is 50.5 Å². The van der Waals surface area contributed by atoms with Crippen LogP contribution in [0.25, 0.3) is 0 Å². The van der Waals surface area contributed by atoms with Crippen LogP contribution < -0.4 is 10.0 Å². The van der Waals surface area contributed by atoms with E-state index in [-0.39, 0.29) is 11.8 Å². The van der Waals surface area contributed by atoms with Crippen LogP contribution in [-0.4, -0.2) is 28.1 Å². The molecule has 0 bridgehead atoms. The lowest BCUT2D eigenvalue weighted by molar-refractivity contribution is 0.330. The molecule has 4 nitrogen and oxygen atoms in total. The number of hydrogen-bond donors (Lipinski definition) is 2. The minimum Gasteiger partial charge on any atom is -0.315 e. The van der Waals surface area contributed by atoms with Gasteiger partial charge in [-0.05, 0) is 59.7 Å². The maximum Gasteiger partial charge on any atom is 0.241 e. The monoisotopic (exact) mass is 450 g/mol. The Morgan fingerprint density at radius 1 is 0.839 bits per heavy atom. The molecule has 1 aromatic rings. The fourth-order valence-electron chi connectivity index (χ4n) is 4.66. The zero-order valence-corrected chi connectivity index (χ0v) is 21.6. The van der Waals surface area contributed by atoms with Crippen molar-refractivity contribution in [3.63, 3.8) is 0 Å². The first-order valence-corrected chi connectivity index (χ1v) is 14.0. The van der Waals surface area contributed by atoms with Crippen LogP contribution in [0.4, 0.5) is 0 Å². The minimum atomic E-state index is -3.55. The highest BCUT2D eigenvalue weighted by atomic mass is 32.2. The molecule has 1 aliphatic rings. The van der Waals surface area contributed by atoms with E-state index in [9.17, 15) is 8.42 Å². The molecule has 0 aromatic heterocycles. The molecule has 0 heterocycles. The number of hydrogen-bond acceptors (Lipinski definition) is 3. The Morgan fingerprint density at radius 3 is 1.94 bits per heavy atom. The fraction of sp³-hybridized carbons (Fsp3) is 0.769. The Morgan fingerprint density at radius 2 is 1.42 bits per heavy atom. The molecule has 178 valence electrons. The van der Waals surface area contributed by atoms with Crippen molar-refractivity contribution in [2.24, 2.45) is 5.92 Å². The van der Waals surface area contributed by atoms with Crippen molar-refractivity contribution in [2.75, 3.05) is 19.6 Å². The zero-order valence-electron chi connectivity index (χ0n) is 20.8. The van der Waals surface area contributed by atoms with E-state index in [1.54, 1.807) is 0 Å². The largest absolute Gasteiger partial charge is 0.315 e. The van der Waals surface area contributed by atoms with Crippen LogP contribution in [0.3, 0.4) is 0 Å². The predicted molar refractivity (Wildman–Crippen MR) is 133 cm³/mol. The molecular formula is C26H46N2O2S. The fourth-order valence-corrected chi connectivity index (χ4v) is 6.39. The van der Waals surface area contributed by atoms with Crippen LogP contribution in [-0.2, 0) is 10.0 Å². The average Bonchev–Trinajstić information content (AvgIpc) is 2.72. The van der Waals surface area contributed by atoms with E-state index >= 15 is 0 Å². The predicted octanol–water partition coefficient (Wildman–Crippen LogP) is 6.29. The van der Waals surface area contributed by atoms with E-state index < -0.39 is 10.0 Å². The molecule has 0 radical (unpaired) electrons. The molecule has 0 amide bonds. The first-order chi connectivity index (χ1) is 14.6. The van der Waals surface area contributed by atoms with Crippen LogP contribution in [0.15, 0.2) is 17.0 Å². The Bertz CT molecular complexity index is 750. The molecule has 2 N–H and O–H groups in total. The van der Waals surface area contributed by atoms with Gasteiger partial charge in [0.15, 0.2) is 0 Å². The summed E-state index contributed by atoms with van der Waals surface area (Å²) in [7, 11) is -3.55. The van der Waals surface area contributed by atoms with Crippen molar-refractivity contribution < 1.29 is 8.42 Å². The van der Waals surface area contributed by atoms with Crippen molar-refractivity contribution in [1.82, 2.24) is 10.0 Å². The maximum atomic E-state index is 13.3. The number of nitrogens with one attached hydrogen (secondary N) is 2. The van der Waals surface area contributed by atoms with Crippen LogP contribution in [0.2, 0.25) is 0 Å². The van der Waals surface area contributed by atoms with Crippen LogP contribution in [0.1, 0.15) is 121 Å². The highest BCUT2D eigenvalue weighted by molar-refractivity contribution is 7.89. The van der Waals surface area contributed by atoms with Gasteiger partial charge in [0.1, 0.15) is 0 Å². The molecule has 5 heteroatoms. The summed E-state index contributed by atoms with van der Waals surface area (Å²) < 4.78 is 29.5. The number of benzene rings is 1. The molecule has 0 saturated heterocycles. The highest BCUT2D eigenvalue weighted by Crippen LogP contribution is 2.35. The first-order valence-electron chi connectivity index (χ1n) is 12.5. The Balaban J connectivity index is 1.97. The lowest BCUT2D eigenvalue weighted by Gasteiger charge is -2.23. The maximum absolute atomic E-state index is 13.3. The third-order valence-corrected chi connectivity index (χ3v) is 8.23. The first kappa shape index (κ1) is 26.3. The van der Waals surface area contributed by atoms with Gasteiger partial charge in [0.2, 0.25) is 10.0 Å². The SMILES string of the molecule is CC(C)c1cc(C(C)C)c(S(=O)(=O)NCCNCCCC2CCCCC2)c(C(C)C)c1. The van der Waals surface area contributed by atoms with Crippen LogP contribution in [0.5, 0.6) is 0 Å². The third kappa shape index (κ3) is 7.87. The highest BCUT2D eigenvalue weighted by Gasteiger charge is 2.26. The van der Waals surface area contributed by atoms with Gasteiger partial charge in [-0.25, -0.2) is 13.1 Å². The number of sulfonamides is 1. The summed E-state index contributed by atoms with van der Waals surface area (Å²) in [5.74, 6) is 1.59. The summed E-state index contributed by atoms with van der Waals surface area (Å²) >= 11 is 0. The second kappa shape index (κ2) is 12.4. The summed E-state index contributed by atoms with van der Waals surface area (Å²) in [5.41, 5.74) is 3.08. The van der Waals surface area contributed by atoms with E-state index in [0.717, 1.165) is 23.6 Å². The van der Waals surface area contributed by atoms with Gasteiger partial charge in [-0.3, -0.25) is 0 Å². The summed E-state index contributed by atoms with van der Waals surface area (Å²) in [6, 6.07) is 4.19. The molecule has 0 atom stereocenters. The van der Waals surface area contributed by atoms with Crippen molar-refractivity contribution in [3.8, 4) is 0 Å². The van der Waals surface area contributed by atoms with Gasteiger partial charge < -0.3 is 5.32 Å². The molecule has 1 aliphatic carbocycles. The Kier molecular flexibility index (Phi) is 10.5. The summed E-state index contributed by atoms with van der Waals surface area (Å²) in [4.78, 5) is 0.499. The molecule has 0 aliphatic heterocycles. The topological polar surface area (TPSA) is 58.2 Å². The molecule has 0 spiro atoms. The average molecular weight is 451 g/mol. The van der Waals surface area contributed by atoms with Gasteiger partial charge in [0.05, 0.1) is 4.90 Å². The van der Waals surface area contributed by atoms with Crippen molar-refractivity contribution >= 4 is 10.0 Å². The number of rotatable bonds is 12. The minimum absolute atomic E-state index is 0.153. The van der Waals surface area contributed by atoms with Crippen molar-refractivity contribution in [2.45, 2.75) is 109 Å². The second-order valence-electron chi connectivity index (χ2n) is 10.3. The quantitative estimate of drug-likeness (QED) is 0.368. The van der Waals surface area contributed by atoms with E-state index in [4.69, 9.17) is 0 Å². The van der Waals surface area contributed by atoms with Gasteiger partial charge in [-0.1, -0.05) is 85.8 Å². The van der Waals surface area contributed by atoms with Crippen molar-refractivity contribution in [1.29, 1.82) is 0 Å². The normalized spacial score (nSPS) is 16.0.